The highest BCUT2D eigenvalue weighted by molar-refractivity contribution is 7.98. The fourth-order valence-electron chi connectivity index (χ4n) is 3.14. The van der Waals surface area contributed by atoms with E-state index in [1.165, 1.54) is 28.9 Å². The number of hydrogen-bond acceptors (Lipinski definition) is 1. The van der Waals surface area contributed by atoms with Gasteiger partial charge in [0.05, 0.1) is 0 Å². The monoisotopic (exact) mass is 272 g/mol. The van der Waals surface area contributed by atoms with Gasteiger partial charge in [-0.05, 0) is 60.5 Å². The highest BCUT2D eigenvalue weighted by atomic mass is 32.2. The molecule has 2 rings (SSSR count). The second-order valence-electron chi connectivity index (χ2n) is 7.11. The topological polar surface area (TPSA) is 0 Å². The Morgan fingerprint density at radius 3 is 2.42 bits per heavy atom. The normalized spacial score (nSPS) is 18.1. The lowest BCUT2D eigenvalue weighted by atomic mass is 9.68. The fraction of sp³-hybridized carbons (Fsp3) is 0.647. The molecule has 0 nitrogen and oxygen atoms in total. The third-order valence-electron chi connectivity index (χ3n) is 4.33. The Morgan fingerprint density at radius 1 is 1.32 bits per heavy atom. The van der Waals surface area contributed by atoms with Gasteiger partial charge in [0.15, 0.2) is 0 Å². The van der Waals surface area contributed by atoms with Crippen molar-refractivity contribution in [1.29, 1.82) is 0 Å². The predicted octanol–water partition coefficient (Wildman–Crippen LogP) is 4.15. The van der Waals surface area contributed by atoms with Crippen molar-refractivity contribution in [1.82, 2.24) is 0 Å². The molecule has 0 spiro atoms. The van der Waals surface area contributed by atoms with Gasteiger partial charge in [0.25, 0.3) is 0 Å². The first-order valence-corrected chi connectivity index (χ1v) is 8.46. The molecule has 1 aromatic rings. The van der Waals surface area contributed by atoms with Crippen LogP contribution in [-0.4, -0.2) is 14.1 Å². The van der Waals surface area contributed by atoms with Crippen LogP contribution in [0.15, 0.2) is 4.90 Å². The Balaban J connectivity index is 2.44. The molecule has 0 saturated carbocycles. The molecule has 0 N–H and O–H groups in total. The van der Waals surface area contributed by atoms with Crippen molar-refractivity contribution >= 4 is 25.1 Å². The van der Waals surface area contributed by atoms with Crippen LogP contribution in [0.5, 0.6) is 0 Å². The Kier molecular flexibility index (Phi) is 4.11. The van der Waals surface area contributed by atoms with E-state index in [0.29, 0.717) is 11.3 Å². The maximum absolute atomic E-state index is 6.44. The van der Waals surface area contributed by atoms with Gasteiger partial charge in [0.2, 0.25) is 0 Å². The summed E-state index contributed by atoms with van der Waals surface area (Å²) in [6.07, 6.45) is 5.72. The average molecular weight is 272 g/mol. The van der Waals surface area contributed by atoms with Gasteiger partial charge in [0, 0.05) is 4.90 Å². The Bertz CT molecular complexity index is 497. The molecule has 0 bridgehead atoms. The quantitative estimate of drug-likeness (QED) is 0.588. The first kappa shape index (κ1) is 15.0. The summed E-state index contributed by atoms with van der Waals surface area (Å²) in [5.41, 5.74) is 7.32. The first-order chi connectivity index (χ1) is 8.76. The van der Waals surface area contributed by atoms with Crippen molar-refractivity contribution in [3.8, 4) is 0 Å². The Labute approximate surface area is 124 Å². The van der Waals surface area contributed by atoms with Crippen LogP contribution in [-0.2, 0) is 12.8 Å². The zero-order valence-corrected chi connectivity index (χ0v) is 14.0. The molecule has 19 heavy (non-hydrogen) atoms. The van der Waals surface area contributed by atoms with E-state index in [9.17, 15) is 0 Å². The van der Waals surface area contributed by atoms with E-state index < -0.39 is 0 Å². The van der Waals surface area contributed by atoms with Crippen molar-refractivity contribution in [2.75, 3.05) is 6.26 Å². The molecule has 1 aliphatic rings. The molecular weight excluding hydrogens is 247 g/mol. The molecule has 0 aliphatic heterocycles. The van der Waals surface area contributed by atoms with Gasteiger partial charge in [-0.1, -0.05) is 38.7 Å². The molecule has 102 valence electrons. The highest BCUT2D eigenvalue weighted by Crippen LogP contribution is 2.43. The minimum atomic E-state index is 0.373. The lowest BCUT2D eigenvalue weighted by Crippen LogP contribution is -2.29. The lowest BCUT2D eigenvalue weighted by Gasteiger charge is -2.36. The average Bonchev–Trinajstić information content (AvgIpc) is 2.30. The zero-order valence-electron chi connectivity index (χ0n) is 13.2. The number of hydrogen-bond donors (Lipinski definition) is 0. The number of thioether (sulfide) groups is 1. The standard InChI is InChI=1S/C17H25BS/c1-10-9-13-14(10)12(7-8-17(3,4)5)15(18)11(2)16(13)19-6/h10H,7-9H2,1-6H3. The van der Waals surface area contributed by atoms with Gasteiger partial charge < -0.3 is 0 Å². The largest absolute Gasteiger partial charge is 0.129 e. The van der Waals surface area contributed by atoms with Crippen molar-refractivity contribution in [3.63, 3.8) is 0 Å². The van der Waals surface area contributed by atoms with Gasteiger partial charge in [-0.3, -0.25) is 0 Å². The zero-order chi connectivity index (χ0) is 14.4. The second-order valence-corrected chi connectivity index (χ2v) is 7.93. The van der Waals surface area contributed by atoms with Crippen LogP contribution >= 0.6 is 11.8 Å². The van der Waals surface area contributed by atoms with E-state index in [1.807, 2.05) is 11.8 Å². The fourth-order valence-corrected chi connectivity index (χ4v) is 4.00. The molecule has 1 unspecified atom stereocenters. The van der Waals surface area contributed by atoms with Gasteiger partial charge in [0.1, 0.15) is 7.85 Å². The van der Waals surface area contributed by atoms with Crippen LogP contribution < -0.4 is 5.46 Å². The van der Waals surface area contributed by atoms with E-state index in [1.54, 1.807) is 11.1 Å². The number of benzene rings is 1. The minimum Gasteiger partial charge on any atom is -0.129 e. The molecule has 0 saturated heterocycles. The molecule has 2 radical (unpaired) electrons. The van der Waals surface area contributed by atoms with Crippen LogP contribution in [0.4, 0.5) is 0 Å². The third-order valence-corrected chi connectivity index (χ3v) is 5.29. The van der Waals surface area contributed by atoms with Crippen molar-refractivity contribution in [3.05, 3.63) is 22.3 Å². The van der Waals surface area contributed by atoms with Gasteiger partial charge in [-0.2, -0.15) is 0 Å². The summed E-state index contributed by atoms with van der Waals surface area (Å²) in [6, 6.07) is 0. The smallest absolute Gasteiger partial charge is 0.114 e. The van der Waals surface area contributed by atoms with E-state index in [2.05, 4.69) is 40.9 Å². The summed E-state index contributed by atoms with van der Waals surface area (Å²) < 4.78 is 0. The molecule has 0 amide bonds. The molecule has 2 heteroatoms. The minimum absolute atomic E-state index is 0.373. The maximum Gasteiger partial charge on any atom is 0.114 e. The van der Waals surface area contributed by atoms with Crippen LogP contribution in [0.2, 0.25) is 0 Å². The molecule has 1 aromatic carbocycles. The third kappa shape index (κ3) is 2.74. The van der Waals surface area contributed by atoms with Crippen LogP contribution in [0.3, 0.4) is 0 Å². The molecule has 0 heterocycles. The molecule has 0 aromatic heterocycles. The summed E-state index contributed by atoms with van der Waals surface area (Å²) >= 11 is 1.86. The molecule has 1 atom stereocenters. The SMILES string of the molecule is [B]c1c(C)c(SC)c2c(c1CCC(C)(C)C)C(C)C2. The van der Waals surface area contributed by atoms with E-state index in [4.69, 9.17) is 7.85 Å². The number of fused-ring (bicyclic) bond motifs is 1. The Hall–Kier alpha value is -0.365. The van der Waals surface area contributed by atoms with Gasteiger partial charge >= 0.3 is 0 Å². The summed E-state index contributed by atoms with van der Waals surface area (Å²) in [6.45, 7) is 11.4. The van der Waals surface area contributed by atoms with E-state index >= 15 is 0 Å². The summed E-state index contributed by atoms with van der Waals surface area (Å²) in [4.78, 5) is 1.44. The maximum atomic E-state index is 6.44. The molecular formula is C17H25BS. The lowest BCUT2D eigenvalue weighted by molar-refractivity contribution is 0.377. The summed E-state index contributed by atoms with van der Waals surface area (Å²) in [5, 5.41) is 0. The predicted molar refractivity (Wildman–Crippen MR) is 88.2 cm³/mol. The van der Waals surface area contributed by atoms with Crippen LogP contribution in [0, 0.1) is 12.3 Å². The number of rotatable bonds is 3. The van der Waals surface area contributed by atoms with Crippen molar-refractivity contribution < 1.29 is 0 Å². The van der Waals surface area contributed by atoms with Crippen molar-refractivity contribution in [2.24, 2.45) is 5.41 Å². The summed E-state index contributed by atoms with van der Waals surface area (Å²) in [5.74, 6) is 0.693. The molecule has 1 aliphatic carbocycles. The van der Waals surface area contributed by atoms with E-state index in [-0.39, 0.29) is 0 Å². The van der Waals surface area contributed by atoms with Gasteiger partial charge in [-0.15, -0.1) is 11.8 Å². The first-order valence-electron chi connectivity index (χ1n) is 7.24. The summed E-state index contributed by atoms with van der Waals surface area (Å²) in [7, 11) is 6.44. The highest BCUT2D eigenvalue weighted by Gasteiger charge is 2.30. The van der Waals surface area contributed by atoms with Crippen molar-refractivity contribution in [2.45, 2.75) is 64.7 Å². The van der Waals surface area contributed by atoms with Gasteiger partial charge in [-0.25, -0.2) is 0 Å². The molecule has 0 fully saturated rings. The van der Waals surface area contributed by atoms with E-state index in [0.717, 1.165) is 11.9 Å². The second kappa shape index (κ2) is 5.20. The van der Waals surface area contributed by atoms with Crippen LogP contribution in [0.25, 0.3) is 0 Å². The Morgan fingerprint density at radius 2 is 1.95 bits per heavy atom. The van der Waals surface area contributed by atoms with Crippen LogP contribution in [0.1, 0.15) is 62.3 Å².